The lowest BCUT2D eigenvalue weighted by Gasteiger charge is -2.09. The van der Waals surface area contributed by atoms with Crippen LogP contribution in [0.5, 0.6) is 11.5 Å². The van der Waals surface area contributed by atoms with Gasteiger partial charge in [0.05, 0.1) is 0 Å². The van der Waals surface area contributed by atoms with Gasteiger partial charge in [-0.2, -0.15) is 0 Å². The van der Waals surface area contributed by atoms with Crippen molar-refractivity contribution < 1.29 is 41.7 Å². The second-order valence-electron chi connectivity index (χ2n) is 5.47. The number of rotatable bonds is 9. The molecular weight excluding hydrogens is 417 g/mol. The van der Waals surface area contributed by atoms with Crippen LogP contribution in [0.2, 0.25) is 0 Å². The molecule has 0 aromatic heterocycles. The van der Waals surface area contributed by atoms with E-state index in [9.17, 15) is 22.8 Å². The zero-order chi connectivity index (χ0) is 22.8. The number of carbonyl (C=O) groups excluding carboxylic acids is 2. The van der Waals surface area contributed by atoms with Gasteiger partial charge >= 0.3 is 11.9 Å². The normalized spacial score (nSPS) is 10.7. The lowest BCUT2D eigenvalue weighted by molar-refractivity contribution is -0.133. The van der Waals surface area contributed by atoms with E-state index in [0.717, 1.165) is 49.3 Å². The molecule has 0 fully saturated rings. The van der Waals surface area contributed by atoms with Crippen LogP contribution in [0.1, 0.15) is 0 Å². The van der Waals surface area contributed by atoms with E-state index in [1.807, 2.05) is 0 Å². The maximum Gasteiger partial charge on any atom is 0.335 e. The van der Waals surface area contributed by atoms with Crippen molar-refractivity contribution in [1.82, 2.24) is 0 Å². The quantitative estimate of drug-likeness (QED) is 0.318. The van der Waals surface area contributed by atoms with Crippen molar-refractivity contribution >= 4 is 11.9 Å². The molecule has 160 valence electrons. The summed E-state index contributed by atoms with van der Waals surface area (Å²) in [5, 5.41) is 0. The third-order valence-corrected chi connectivity index (χ3v) is 3.46. The summed E-state index contributed by atoms with van der Waals surface area (Å²) in [7, 11) is 0. The lowest BCUT2D eigenvalue weighted by Crippen LogP contribution is -1.96. The van der Waals surface area contributed by atoms with Gasteiger partial charge in [-0.05, 0) is 18.2 Å². The fourth-order valence-electron chi connectivity index (χ4n) is 2.11. The highest BCUT2D eigenvalue weighted by Crippen LogP contribution is 2.32. The SMILES string of the molecule is C=CC(=O)O/C=C\Oc1ccc(-c2cc(F)c(O/C=C\OC(=O)C=C)cc2F)c(F)c1. The first-order chi connectivity index (χ1) is 14.8. The van der Waals surface area contributed by atoms with E-state index in [4.69, 9.17) is 9.47 Å². The molecule has 0 aliphatic carbocycles. The van der Waals surface area contributed by atoms with E-state index >= 15 is 0 Å². The van der Waals surface area contributed by atoms with Crippen LogP contribution >= 0.6 is 0 Å². The van der Waals surface area contributed by atoms with E-state index in [1.165, 1.54) is 12.1 Å². The number of hydrogen-bond donors (Lipinski definition) is 0. The molecule has 0 radical (unpaired) electrons. The van der Waals surface area contributed by atoms with Crippen LogP contribution in [0.3, 0.4) is 0 Å². The van der Waals surface area contributed by atoms with Crippen molar-refractivity contribution in [2.45, 2.75) is 0 Å². The zero-order valence-electron chi connectivity index (χ0n) is 15.8. The Balaban J connectivity index is 2.14. The van der Waals surface area contributed by atoms with Crippen LogP contribution in [0, 0.1) is 17.5 Å². The summed E-state index contributed by atoms with van der Waals surface area (Å²) < 4.78 is 62.0. The zero-order valence-corrected chi connectivity index (χ0v) is 15.8. The minimum absolute atomic E-state index is 0.0206. The minimum atomic E-state index is -0.984. The van der Waals surface area contributed by atoms with Crippen LogP contribution in [-0.2, 0) is 19.1 Å². The Hall–Kier alpha value is -4.27. The van der Waals surface area contributed by atoms with Gasteiger partial charge in [0, 0.05) is 35.4 Å². The highest BCUT2D eigenvalue weighted by Gasteiger charge is 2.16. The van der Waals surface area contributed by atoms with Crippen LogP contribution in [0.4, 0.5) is 13.2 Å². The van der Waals surface area contributed by atoms with Gasteiger partial charge in [-0.25, -0.2) is 22.8 Å². The van der Waals surface area contributed by atoms with Crippen molar-refractivity contribution in [3.8, 4) is 22.6 Å². The summed E-state index contributed by atoms with van der Waals surface area (Å²) in [6, 6.07) is 4.89. The van der Waals surface area contributed by atoms with Crippen molar-refractivity contribution in [2.75, 3.05) is 0 Å². The van der Waals surface area contributed by atoms with Gasteiger partial charge in [0.1, 0.15) is 42.4 Å². The first-order valence-electron chi connectivity index (χ1n) is 8.44. The Labute approximate surface area is 175 Å². The molecule has 6 nitrogen and oxygen atoms in total. The summed E-state index contributed by atoms with van der Waals surface area (Å²) >= 11 is 0. The second-order valence-corrected chi connectivity index (χ2v) is 5.47. The standard InChI is InChI=1S/C22H15F3O6/c1-3-21(26)30-9-7-28-14-5-6-15(17(23)11-14)16-12-19(25)20(13-18(16)24)29-8-10-31-22(27)4-2/h3-13H,1-2H2/b9-7-,10-8-. The van der Waals surface area contributed by atoms with Gasteiger partial charge in [-0.3, -0.25) is 0 Å². The molecule has 0 N–H and O–H groups in total. The number of carbonyl (C=O) groups is 2. The molecule has 2 aromatic carbocycles. The third-order valence-electron chi connectivity index (χ3n) is 3.46. The van der Waals surface area contributed by atoms with Gasteiger partial charge in [-0.1, -0.05) is 13.2 Å². The summed E-state index contributed by atoms with van der Waals surface area (Å²) in [4.78, 5) is 21.7. The molecule has 2 aromatic rings. The maximum atomic E-state index is 14.4. The molecule has 0 heterocycles. The fourth-order valence-corrected chi connectivity index (χ4v) is 2.11. The maximum absolute atomic E-state index is 14.4. The van der Waals surface area contributed by atoms with Crippen LogP contribution in [0.15, 0.2) is 80.7 Å². The first kappa shape index (κ1) is 23.0. The molecule has 0 bridgehead atoms. The molecule has 0 atom stereocenters. The highest BCUT2D eigenvalue weighted by atomic mass is 19.1. The molecule has 0 unspecified atom stereocenters. The number of benzene rings is 2. The molecule has 31 heavy (non-hydrogen) atoms. The monoisotopic (exact) mass is 432 g/mol. The summed E-state index contributed by atoms with van der Waals surface area (Å²) in [5.74, 6) is -4.80. The fraction of sp³-hybridized carbons (Fsp3) is 0. The third kappa shape index (κ3) is 6.64. The molecule has 0 aliphatic heterocycles. The van der Waals surface area contributed by atoms with Crippen LogP contribution in [0.25, 0.3) is 11.1 Å². The predicted molar refractivity (Wildman–Crippen MR) is 104 cm³/mol. The molecule has 9 heteroatoms. The number of hydrogen-bond acceptors (Lipinski definition) is 6. The van der Waals surface area contributed by atoms with Crippen molar-refractivity contribution in [2.24, 2.45) is 0 Å². The molecule has 0 aliphatic rings. The van der Waals surface area contributed by atoms with Crippen molar-refractivity contribution in [3.05, 3.63) is 98.1 Å². The predicted octanol–water partition coefficient (Wildman–Crippen LogP) is 4.93. The largest absolute Gasteiger partial charge is 0.462 e. The smallest absolute Gasteiger partial charge is 0.335 e. The van der Waals surface area contributed by atoms with Crippen molar-refractivity contribution in [1.29, 1.82) is 0 Å². The second kappa shape index (κ2) is 11.1. The molecule has 0 amide bonds. The highest BCUT2D eigenvalue weighted by molar-refractivity contribution is 5.82. The van der Waals surface area contributed by atoms with Crippen LogP contribution < -0.4 is 9.47 Å². The van der Waals surface area contributed by atoms with Crippen LogP contribution in [-0.4, -0.2) is 11.9 Å². The number of esters is 2. The Morgan fingerprint density at radius 1 is 0.710 bits per heavy atom. The van der Waals surface area contributed by atoms with E-state index in [0.29, 0.717) is 6.07 Å². The van der Waals surface area contributed by atoms with E-state index in [-0.39, 0.29) is 16.9 Å². The molecule has 0 spiro atoms. The summed E-state index contributed by atoms with van der Waals surface area (Å²) in [6.45, 7) is 6.39. The average Bonchev–Trinajstić information content (AvgIpc) is 2.76. The lowest BCUT2D eigenvalue weighted by atomic mass is 10.0. The number of ether oxygens (including phenoxy) is 4. The summed E-state index contributed by atoms with van der Waals surface area (Å²) in [6.07, 6.45) is 5.40. The van der Waals surface area contributed by atoms with Gasteiger partial charge < -0.3 is 18.9 Å². The summed E-state index contributed by atoms with van der Waals surface area (Å²) in [5.41, 5.74) is -0.584. The number of halogens is 3. The van der Waals surface area contributed by atoms with Crippen molar-refractivity contribution in [3.63, 3.8) is 0 Å². The molecule has 0 saturated heterocycles. The molecular formula is C22H15F3O6. The molecule has 2 rings (SSSR count). The Kier molecular flexibility index (Phi) is 8.21. The Bertz CT molecular complexity index is 1060. The Morgan fingerprint density at radius 2 is 1.29 bits per heavy atom. The Morgan fingerprint density at radius 3 is 1.87 bits per heavy atom. The van der Waals surface area contributed by atoms with E-state index in [2.05, 4.69) is 22.6 Å². The first-order valence-corrected chi connectivity index (χ1v) is 8.44. The van der Waals surface area contributed by atoms with E-state index < -0.39 is 35.1 Å². The minimum Gasteiger partial charge on any atom is -0.462 e. The van der Waals surface area contributed by atoms with E-state index in [1.54, 1.807) is 0 Å². The van der Waals surface area contributed by atoms with Gasteiger partial charge in [-0.15, -0.1) is 0 Å². The van der Waals surface area contributed by atoms with Gasteiger partial charge in [0.25, 0.3) is 0 Å². The average molecular weight is 432 g/mol. The molecule has 0 saturated carbocycles. The van der Waals surface area contributed by atoms with Gasteiger partial charge in [0.2, 0.25) is 0 Å². The topological polar surface area (TPSA) is 71.1 Å². The van der Waals surface area contributed by atoms with Gasteiger partial charge in [0.15, 0.2) is 11.6 Å².